The number of amides is 1. The summed E-state index contributed by atoms with van der Waals surface area (Å²) < 4.78 is 16.4. The van der Waals surface area contributed by atoms with Crippen LogP contribution in [0.4, 0.5) is 0 Å². The predicted molar refractivity (Wildman–Crippen MR) is 79.2 cm³/mol. The molecular weight excluding hydrogens is 284 g/mol. The molecule has 2 atom stereocenters. The van der Waals surface area contributed by atoms with Gasteiger partial charge in [-0.2, -0.15) is 0 Å². The summed E-state index contributed by atoms with van der Waals surface area (Å²) in [5.41, 5.74) is 0.652. The molecule has 1 aromatic carbocycles. The van der Waals surface area contributed by atoms with Crippen molar-refractivity contribution < 1.29 is 19.0 Å². The molecule has 22 heavy (non-hydrogen) atoms. The van der Waals surface area contributed by atoms with Crippen LogP contribution in [0.2, 0.25) is 0 Å². The Labute approximate surface area is 129 Å². The monoisotopic (exact) mass is 304 g/mol. The van der Waals surface area contributed by atoms with Crippen molar-refractivity contribution in [2.75, 3.05) is 46.7 Å². The Hall–Kier alpha value is -1.79. The van der Waals surface area contributed by atoms with Crippen LogP contribution in [0.5, 0.6) is 11.5 Å². The second-order valence-corrected chi connectivity index (χ2v) is 6.30. The standard InChI is InChI=1S/C16H20N2O4/c1-17-5-11-6-18(13(7-17)9-20-8-11)16(19)12-2-3-14-15(4-12)22-10-21-14/h2-4,11,13H,5-10H2,1H3/t11-,13-/m0/s1. The Morgan fingerprint density at radius 1 is 1.14 bits per heavy atom. The second-order valence-electron chi connectivity index (χ2n) is 6.30. The molecule has 2 fully saturated rings. The summed E-state index contributed by atoms with van der Waals surface area (Å²) >= 11 is 0. The van der Waals surface area contributed by atoms with Gasteiger partial charge in [0.05, 0.1) is 19.3 Å². The Kier molecular flexibility index (Phi) is 3.43. The average molecular weight is 304 g/mol. The van der Waals surface area contributed by atoms with Crippen molar-refractivity contribution in [3.63, 3.8) is 0 Å². The minimum atomic E-state index is 0.0501. The van der Waals surface area contributed by atoms with E-state index >= 15 is 0 Å². The van der Waals surface area contributed by atoms with Crippen molar-refractivity contribution in [1.82, 2.24) is 9.80 Å². The van der Waals surface area contributed by atoms with Crippen LogP contribution in [0, 0.1) is 5.92 Å². The number of carbonyl (C=O) groups excluding carboxylic acids is 1. The fraction of sp³-hybridized carbons (Fsp3) is 0.562. The van der Waals surface area contributed by atoms with Crippen LogP contribution in [0.3, 0.4) is 0 Å². The lowest BCUT2D eigenvalue weighted by molar-refractivity contribution is 0.0483. The molecule has 6 nitrogen and oxygen atoms in total. The van der Waals surface area contributed by atoms with E-state index in [1.165, 1.54) is 0 Å². The molecule has 2 saturated heterocycles. The highest BCUT2D eigenvalue weighted by atomic mass is 16.7. The van der Waals surface area contributed by atoms with Crippen molar-refractivity contribution in [3.05, 3.63) is 23.8 Å². The molecule has 0 aromatic heterocycles. The molecule has 6 heteroatoms. The number of nitrogens with zero attached hydrogens (tertiary/aromatic N) is 2. The molecular formula is C16H20N2O4. The number of benzene rings is 1. The van der Waals surface area contributed by atoms with Gasteiger partial charge in [-0.05, 0) is 25.2 Å². The van der Waals surface area contributed by atoms with Gasteiger partial charge in [-0.15, -0.1) is 0 Å². The van der Waals surface area contributed by atoms with Crippen LogP contribution in [0.1, 0.15) is 10.4 Å². The summed E-state index contributed by atoms with van der Waals surface area (Å²) in [6.45, 7) is 4.14. The summed E-state index contributed by atoms with van der Waals surface area (Å²) in [6.07, 6.45) is 0. The first kappa shape index (κ1) is 13.8. The smallest absolute Gasteiger partial charge is 0.254 e. The molecule has 4 rings (SSSR count). The van der Waals surface area contributed by atoms with E-state index in [1.807, 2.05) is 17.0 Å². The quantitative estimate of drug-likeness (QED) is 0.769. The van der Waals surface area contributed by atoms with Crippen LogP contribution < -0.4 is 9.47 Å². The molecule has 0 saturated carbocycles. The molecule has 2 bridgehead atoms. The van der Waals surface area contributed by atoms with Crippen molar-refractivity contribution in [3.8, 4) is 11.5 Å². The van der Waals surface area contributed by atoms with Gasteiger partial charge in [0.2, 0.25) is 6.79 Å². The number of ether oxygens (including phenoxy) is 3. The number of fused-ring (bicyclic) bond motifs is 4. The molecule has 0 unspecified atom stereocenters. The predicted octanol–water partition coefficient (Wildman–Crippen LogP) is 0.818. The third kappa shape index (κ3) is 2.42. The van der Waals surface area contributed by atoms with E-state index in [-0.39, 0.29) is 18.7 Å². The van der Waals surface area contributed by atoms with Crippen LogP contribution in [0.15, 0.2) is 18.2 Å². The van der Waals surface area contributed by atoms with Gasteiger partial charge < -0.3 is 24.0 Å². The minimum Gasteiger partial charge on any atom is -0.454 e. The highest BCUT2D eigenvalue weighted by molar-refractivity contribution is 5.95. The summed E-state index contributed by atoms with van der Waals surface area (Å²) in [5, 5.41) is 0. The Balaban J connectivity index is 1.61. The third-order valence-corrected chi connectivity index (χ3v) is 4.53. The largest absolute Gasteiger partial charge is 0.454 e. The molecule has 118 valence electrons. The Morgan fingerprint density at radius 3 is 2.91 bits per heavy atom. The highest BCUT2D eigenvalue weighted by Gasteiger charge is 2.35. The zero-order valence-electron chi connectivity index (χ0n) is 12.7. The van der Waals surface area contributed by atoms with Gasteiger partial charge in [0.15, 0.2) is 11.5 Å². The van der Waals surface area contributed by atoms with Crippen LogP contribution in [-0.4, -0.2) is 68.4 Å². The topological polar surface area (TPSA) is 51.2 Å². The fourth-order valence-electron chi connectivity index (χ4n) is 3.52. The second kappa shape index (κ2) is 5.44. The van der Waals surface area contributed by atoms with E-state index < -0.39 is 0 Å². The lowest BCUT2D eigenvalue weighted by atomic mass is 10.1. The molecule has 1 aromatic rings. The first-order valence-electron chi connectivity index (χ1n) is 7.67. The van der Waals surface area contributed by atoms with Crippen molar-refractivity contribution in [2.45, 2.75) is 6.04 Å². The molecule has 0 aliphatic carbocycles. The summed E-state index contributed by atoms with van der Waals surface area (Å²) in [6, 6.07) is 5.51. The van der Waals surface area contributed by atoms with Crippen molar-refractivity contribution in [1.29, 1.82) is 0 Å². The van der Waals surface area contributed by atoms with Gasteiger partial charge in [-0.3, -0.25) is 4.79 Å². The number of rotatable bonds is 1. The number of carbonyl (C=O) groups is 1. The van der Waals surface area contributed by atoms with E-state index in [4.69, 9.17) is 14.2 Å². The summed E-state index contributed by atoms with van der Waals surface area (Å²) in [7, 11) is 2.11. The average Bonchev–Trinajstić information content (AvgIpc) is 2.80. The highest BCUT2D eigenvalue weighted by Crippen LogP contribution is 2.33. The maximum Gasteiger partial charge on any atom is 0.254 e. The molecule has 0 N–H and O–H groups in total. The number of hydrogen-bond acceptors (Lipinski definition) is 5. The van der Waals surface area contributed by atoms with Crippen molar-refractivity contribution >= 4 is 5.91 Å². The minimum absolute atomic E-state index is 0.0501. The SMILES string of the molecule is CN1C[C@@H]2COC[C@H](C1)N(C(=O)c1ccc3c(c1)OCO3)C2. The van der Waals surface area contributed by atoms with Gasteiger partial charge in [0, 0.05) is 31.1 Å². The first-order valence-corrected chi connectivity index (χ1v) is 7.67. The van der Waals surface area contributed by atoms with Gasteiger partial charge in [0.1, 0.15) is 0 Å². The van der Waals surface area contributed by atoms with Crippen LogP contribution in [-0.2, 0) is 4.74 Å². The third-order valence-electron chi connectivity index (χ3n) is 4.53. The molecule has 3 aliphatic heterocycles. The van der Waals surface area contributed by atoms with Crippen molar-refractivity contribution in [2.24, 2.45) is 5.92 Å². The Morgan fingerprint density at radius 2 is 2.00 bits per heavy atom. The number of hydrogen-bond donors (Lipinski definition) is 0. The lowest BCUT2D eigenvalue weighted by Gasteiger charge is -2.29. The van der Waals surface area contributed by atoms with Gasteiger partial charge >= 0.3 is 0 Å². The van der Waals surface area contributed by atoms with E-state index in [0.717, 1.165) is 26.2 Å². The van der Waals surface area contributed by atoms with Crippen LogP contribution in [0.25, 0.3) is 0 Å². The zero-order chi connectivity index (χ0) is 15.1. The molecule has 3 aliphatic rings. The molecule has 3 heterocycles. The summed E-state index contributed by atoms with van der Waals surface area (Å²) in [4.78, 5) is 17.2. The van der Waals surface area contributed by atoms with E-state index in [9.17, 15) is 4.79 Å². The number of likely N-dealkylation sites (N-methyl/N-ethyl adjacent to an activating group) is 1. The molecule has 0 spiro atoms. The zero-order valence-corrected chi connectivity index (χ0v) is 12.7. The fourth-order valence-corrected chi connectivity index (χ4v) is 3.52. The maximum atomic E-state index is 13.0. The van der Waals surface area contributed by atoms with Gasteiger partial charge in [0.25, 0.3) is 5.91 Å². The van der Waals surface area contributed by atoms with E-state index in [1.54, 1.807) is 6.07 Å². The van der Waals surface area contributed by atoms with Gasteiger partial charge in [-0.25, -0.2) is 0 Å². The van der Waals surface area contributed by atoms with E-state index in [0.29, 0.717) is 29.6 Å². The Bertz CT molecular complexity index is 592. The molecule has 1 amide bonds. The normalized spacial score (nSPS) is 27.6. The lowest BCUT2D eigenvalue weighted by Crippen LogP contribution is -2.45. The van der Waals surface area contributed by atoms with Crippen LogP contribution >= 0.6 is 0 Å². The van der Waals surface area contributed by atoms with Gasteiger partial charge in [-0.1, -0.05) is 0 Å². The maximum absolute atomic E-state index is 13.0. The first-order chi connectivity index (χ1) is 10.7. The van der Waals surface area contributed by atoms with E-state index in [2.05, 4.69) is 11.9 Å². The summed E-state index contributed by atoms with van der Waals surface area (Å²) in [5.74, 6) is 1.77. The molecule has 0 radical (unpaired) electrons.